The highest BCUT2D eigenvalue weighted by molar-refractivity contribution is 5.95. The number of aryl methyl sites for hydroxylation is 1. The second kappa shape index (κ2) is 7.55. The molecule has 0 saturated carbocycles. The Balaban J connectivity index is 0.00000220. The number of nitrogens with zero attached hydrogens (tertiary/aromatic N) is 1. The molecule has 0 radical (unpaired) electrons. The first kappa shape index (κ1) is 16.9. The highest BCUT2D eigenvalue weighted by Gasteiger charge is 2.09. The number of carbonyl (C=O) groups is 2. The number of ketones is 1. The molecule has 1 aromatic heterocycles. The van der Waals surface area contributed by atoms with Crippen LogP contribution in [0.5, 0.6) is 0 Å². The lowest BCUT2D eigenvalue weighted by molar-refractivity contribution is -0.684. The predicted molar refractivity (Wildman–Crippen MR) is 76.5 cm³/mol. The van der Waals surface area contributed by atoms with Crippen LogP contribution < -0.4 is 22.3 Å². The zero-order valence-corrected chi connectivity index (χ0v) is 12.7. The van der Waals surface area contributed by atoms with Gasteiger partial charge in [0.05, 0.1) is 0 Å². The standard InChI is InChI=1S/C16H16N2O2.ClH/c1-12-4-3-9-18(10-12)11-16(20)17-15-7-5-14(6-8-15)13(2)19;/h3-10H,11H2,1-2H3;1H. The molecule has 0 saturated heterocycles. The van der Waals surface area contributed by atoms with Gasteiger partial charge in [0.15, 0.2) is 18.2 Å². The molecule has 5 heteroatoms. The molecule has 0 aliphatic rings. The number of pyridine rings is 1. The van der Waals surface area contributed by atoms with Crippen molar-refractivity contribution < 1.29 is 26.6 Å². The quantitative estimate of drug-likeness (QED) is 0.590. The van der Waals surface area contributed by atoms with E-state index in [9.17, 15) is 9.59 Å². The lowest BCUT2D eigenvalue weighted by Crippen LogP contribution is -3.00. The molecule has 2 rings (SSSR count). The van der Waals surface area contributed by atoms with Crippen molar-refractivity contribution in [2.24, 2.45) is 0 Å². The van der Waals surface area contributed by atoms with Crippen molar-refractivity contribution in [3.8, 4) is 0 Å². The maximum absolute atomic E-state index is 11.9. The molecular weight excluding hydrogens is 288 g/mol. The lowest BCUT2D eigenvalue weighted by Gasteiger charge is -2.04. The van der Waals surface area contributed by atoms with Crippen LogP contribution in [0, 0.1) is 6.92 Å². The minimum atomic E-state index is -0.101. The Morgan fingerprint density at radius 1 is 1.14 bits per heavy atom. The number of nitrogens with one attached hydrogen (secondary N) is 1. The molecule has 0 aliphatic heterocycles. The zero-order valence-electron chi connectivity index (χ0n) is 12.0. The molecule has 1 amide bonds. The molecule has 0 atom stereocenters. The Hall–Kier alpha value is -2.20. The average Bonchev–Trinajstić information content (AvgIpc) is 2.39. The molecule has 1 heterocycles. The fourth-order valence-electron chi connectivity index (χ4n) is 1.91. The fraction of sp³-hybridized carbons (Fsp3) is 0.188. The normalized spacial score (nSPS) is 9.62. The van der Waals surface area contributed by atoms with Gasteiger partial charge in [-0.3, -0.25) is 9.59 Å². The summed E-state index contributed by atoms with van der Waals surface area (Å²) in [5.74, 6) is -0.0885. The molecule has 2 aromatic rings. The van der Waals surface area contributed by atoms with Crippen LogP contribution in [-0.2, 0) is 11.3 Å². The number of hydrogen-bond acceptors (Lipinski definition) is 2. The minimum Gasteiger partial charge on any atom is -1.00 e. The number of halogens is 1. The Bertz CT molecular complexity index is 639. The number of carbonyl (C=O) groups excluding carboxylic acids is 2. The van der Waals surface area contributed by atoms with E-state index in [0.717, 1.165) is 5.56 Å². The SMILES string of the molecule is CC(=O)c1ccc(NC(=O)C[n+]2cccc(C)c2)cc1.[Cl-]. The summed E-state index contributed by atoms with van der Waals surface area (Å²) >= 11 is 0. The fourth-order valence-corrected chi connectivity index (χ4v) is 1.91. The van der Waals surface area contributed by atoms with E-state index >= 15 is 0 Å². The highest BCUT2D eigenvalue weighted by atomic mass is 35.5. The Kier molecular flexibility index (Phi) is 6.06. The molecule has 0 spiro atoms. The third-order valence-corrected chi connectivity index (χ3v) is 2.91. The highest BCUT2D eigenvalue weighted by Crippen LogP contribution is 2.09. The summed E-state index contributed by atoms with van der Waals surface area (Å²) in [6, 6.07) is 10.8. The lowest BCUT2D eigenvalue weighted by atomic mass is 10.1. The van der Waals surface area contributed by atoms with Gasteiger partial charge in [-0.25, -0.2) is 0 Å². The first-order chi connectivity index (χ1) is 9.54. The Morgan fingerprint density at radius 2 is 1.81 bits per heavy atom. The Morgan fingerprint density at radius 3 is 2.38 bits per heavy atom. The van der Waals surface area contributed by atoms with Gasteiger partial charge in [-0.15, -0.1) is 0 Å². The van der Waals surface area contributed by atoms with Crippen molar-refractivity contribution >= 4 is 17.4 Å². The molecule has 21 heavy (non-hydrogen) atoms. The van der Waals surface area contributed by atoms with Crippen LogP contribution in [0.4, 0.5) is 5.69 Å². The number of benzene rings is 1. The third kappa shape index (κ3) is 5.00. The number of rotatable bonds is 4. The van der Waals surface area contributed by atoms with Gasteiger partial charge in [0.1, 0.15) is 0 Å². The topological polar surface area (TPSA) is 50.1 Å². The second-order valence-electron chi connectivity index (χ2n) is 4.74. The molecule has 0 unspecified atom stereocenters. The molecule has 110 valence electrons. The largest absolute Gasteiger partial charge is 1.00 e. The molecule has 4 nitrogen and oxygen atoms in total. The van der Waals surface area contributed by atoms with Crippen molar-refractivity contribution in [2.75, 3.05) is 5.32 Å². The van der Waals surface area contributed by atoms with Gasteiger partial charge in [0.25, 0.3) is 5.91 Å². The summed E-state index contributed by atoms with van der Waals surface area (Å²) in [5.41, 5.74) is 2.43. The molecule has 0 aliphatic carbocycles. The number of anilines is 1. The van der Waals surface area contributed by atoms with E-state index < -0.39 is 0 Å². The van der Waals surface area contributed by atoms with Gasteiger partial charge in [-0.1, -0.05) is 0 Å². The minimum absolute atomic E-state index is 0. The van der Waals surface area contributed by atoms with E-state index in [1.165, 1.54) is 6.92 Å². The summed E-state index contributed by atoms with van der Waals surface area (Å²) in [4.78, 5) is 23.1. The van der Waals surface area contributed by atoms with E-state index in [1.54, 1.807) is 24.3 Å². The van der Waals surface area contributed by atoms with Crippen LogP contribution >= 0.6 is 0 Å². The van der Waals surface area contributed by atoms with E-state index in [2.05, 4.69) is 5.32 Å². The smallest absolute Gasteiger partial charge is 0.290 e. The second-order valence-corrected chi connectivity index (χ2v) is 4.74. The number of hydrogen-bond donors (Lipinski definition) is 1. The van der Waals surface area contributed by atoms with Crippen LogP contribution in [0.15, 0.2) is 48.8 Å². The van der Waals surface area contributed by atoms with Crippen molar-refractivity contribution in [3.63, 3.8) is 0 Å². The number of Topliss-reactive ketones (excluding diaryl/α,β-unsaturated/α-hetero) is 1. The average molecular weight is 305 g/mol. The maximum Gasteiger partial charge on any atom is 0.290 e. The van der Waals surface area contributed by atoms with Crippen LogP contribution in [0.3, 0.4) is 0 Å². The molecule has 1 aromatic carbocycles. The van der Waals surface area contributed by atoms with Crippen LogP contribution in [0.2, 0.25) is 0 Å². The van der Waals surface area contributed by atoms with Gasteiger partial charge in [0, 0.05) is 22.9 Å². The van der Waals surface area contributed by atoms with Gasteiger partial charge >= 0.3 is 0 Å². The predicted octanol–water partition coefficient (Wildman–Crippen LogP) is -0.872. The number of amides is 1. The summed E-state index contributed by atoms with van der Waals surface area (Å²) in [6.45, 7) is 3.76. The summed E-state index contributed by atoms with van der Waals surface area (Å²) in [5, 5.41) is 2.80. The zero-order chi connectivity index (χ0) is 14.5. The summed E-state index contributed by atoms with van der Waals surface area (Å²) < 4.78 is 1.83. The molecule has 0 fully saturated rings. The van der Waals surface area contributed by atoms with Crippen LogP contribution in [0.1, 0.15) is 22.8 Å². The maximum atomic E-state index is 11.9. The first-order valence-corrected chi connectivity index (χ1v) is 6.41. The van der Waals surface area contributed by atoms with Crippen molar-refractivity contribution in [3.05, 3.63) is 59.9 Å². The van der Waals surface area contributed by atoms with Gasteiger partial charge in [0.2, 0.25) is 6.54 Å². The third-order valence-electron chi connectivity index (χ3n) is 2.91. The van der Waals surface area contributed by atoms with Gasteiger partial charge in [-0.05, 0) is 44.2 Å². The van der Waals surface area contributed by atoms with Crippen molar-refractivity contribution in [2.45, 2.75) is 20.4 Å². The summed E-state index contributed by atoms with van der Waals surface area (Å²) in [6.07, 6.45) is 3.77. The first-order valence-electron chi connectivity index (χ1n) is 6.41. The van der Waals surface area contributed by atoms with Crippen LogP contribution in [-0.4, -0.2) is 11.7 Å². The Labute approximate surface area is 130 Å². The van der Waals surface area contributed by atoms with Gasteiger partial charge < -0.3 is 17.7 Å². The summed E-state index contributed by atoms with van der Waals surface area (Å²) in [7, 11) is 0. The molecule has 0 bridgehead atoms. The monoisotopic (exact) mass is 304 g/mol. The molecular formula is C16H17ClN2O2. The van der Waals surface area contributed by atoms with E-state index in [1.807, 2.05) is 36.0 Å². The van der Waals surface area contributed by atoms with Crippen molar-refractivity contribution in [1.29, 1.82) is 0 Å². The van der Waals surface area contributed by atoms with Gasteiger partial charge in [-0.2, -0.15) is 4.57 Å². The van der Waals surface area contributed by atoms with E-state index in [-0.39, 0.29) is 30.6 Å². The van der Waals surface area contributed by atoms with Crippen molar-refractivity contribution in [1.82, 2.24) is 0 Å². The van der Waals surface area contributed by atoms with Crippen LogP contribution in [0.25, 0.3) is 0 Å². The molecule has 1 N–H and O–H groups in total. The van der Waals surface area contributed by atoms with E-state index in [0.29, 0.717) is 11.3 Å². The van der Waals surface area contributed by atoms with E-state index in [4.69, 9.17) is 0 Å². The number of aromatic nitrogens is 1.